The number of ether oxygens (including phenoxy) is 7. The van der Waals surface area contributed by atoms with Crippen LogP contribution in [0.2, 0.25) is 0 Å². The zero-order valence-corrected chi connectivity index (χ0v) is 24.3. The van der Waals surface area contributed by atoms with Gasteiger partial charge in [0.25, 0.3) is 0 Å². The van der Waals surface area contributed by atoms with Gasteiger partial charge in [-0.25, -0.2) is 0 Å². The van der Waals surface area contributed by atoms with Gasteiger partial charge < -0.3 is 33.2 Å². The highest BCUT2D eigenvalue weighted by atomic mass is 32.2. The third-order valence-corrected chi connectivity index (χ3v) is 8.75. The molecular formula is C32H38O7S. The second kappa shape index (κ2) is 13.1. The molecule has 2 heterocycles. The Morgan fingerprint density at radius 1 is 0.700 bits per heavy atom. The number of fused-ring (bicyclic) bond motifs is 1. The highest BCUT2D eigenvalue weighted by Gasteiger charge is 2.62. The molecule has 0 bridgehead atoms. The van der Waals surface area contributed by atoms with E-state index in [-0.39, 0.29) is 0 Å². The molecule has 40 heavy (non-hydrogen) atoms. The first-order valence-electron chi connectivity index (χ1n) is 13.5. The number of hydrogen-bond acceptors (Lipinski definition) is 8. The van der Waals surface area contributed by atoms with E-state index in [1.807, 2.05) is 92.7 Å². The Bertz CT molecular complexity index is 1180. The van der Waals surface area contributed by atoms with E-state index >= 15 is 0 Å². The van der Waals surface area contributed by atoms with Gasteiger partial charge >= 0.3 is 0 Å². The molecule has 0 N–H and O–H groups in total. The molecule has 2 saturated heterocycles. The van der Waals surface area contributed by atoms with Crippen LogP contribution in [-0.2, 0) is 46.4 Å². The van der Waals surface area contributed by atoms with Crippen molar-refractivity contribution in [1.29, 1.82) is 0 Å². The van der Waals surface area contributed by atoms with Crippen LogP contribution < -0.4 is 0 Å². The third kappa shape index (κ3) is 6.45. The molecule has 5 rings (SSSR count). The van der Waals surface area contributed by atoms with E-state index in [1.54, 1.807) is 26.0 Å². The second-order valence-corrected chi connectivity index (χ2v) is 11.4. The first-order chi connectivity index (χ1) is 19.4. The van der Waals surface area contributed by atoms with Crippen molar-refractivity contribution in [3.8, 4) is 0 Å². The van der Waals surface area contributed by atoms with E-state index in [0.29, 0.717) is 19.8 Å². The maximum atomic E-state index is 6.75. The summed E-state index contributed by atoms with van der Waals surface area (Å²) in [5, 5.41) is 0. The van der Waals surface area contributed by atoms with E-state index in [1.165, 1.54) is 0 Å². The van der Waals surface area contributed by atoms with Crippen LogP contribution in [0.15, 0.2) is 95.9 Å². The van der Waals surface area contributed by atoms with Crippen LogP contribution in [0.5, 0.6) is 0 Å². The molecule has 8 heteroatoms. The maximum absolute atomic E-state index is 6.75. The van der Waals surface area contributed by atoms with Gasteiger partial charge in [-0.15, -0.1) is 0 Å². The first kappa shape index (κ1) is 29.2. The van der Waals surface area contributed by atoms with Crippen molar-refractivity contribution in [3.05, 3.63) is 102 Å². The molecule has 0 amide bonds. The van der Waals surface area contributed by atoms with Crippen LogP contribution >= 0.6 is 11.8 Å². The van der Waals surface area contributed by atoms with E-state index < -0.39 is 41.4 Å². The quantitative estimate of drug-likeness (QED) is 0.288. The molecule has 2 aliphatic heterocycles. The van der Waals surface area contributed by atoms with E-state index in [0.717, 1.165) is 16.0 Å². The van der Waals surface area contributed by atoms with Crippen molar-refractivity contribution in [2.45, 2.75) is 73.4 Å². The number of methoxy groups -OCH3 is 2. The average molecular weight is 567 g/mol. The van der Waals surface area contributed by atoms with Gasteiger partial charge in [0.15, 0.2) is 0 Å². The molecule has 7 atom stereocenters. The van der Waals surface area contributed by atoms with Gasteiger partial charge in [0, 0.05) is 19.1 Å². The molecular weight excluding hydrogens is 528 g/mol. The molecule has 2 fully saturated rings. The van der Waals surface area contributed by atoms with Crippen LogP contribution in [0.25, 0.3) is 0 Å². The molecule has 0 saturated carbocycles. The van der Waals surface area contributed by atoms with Crippen LogP contribution in [0.4, 0.5) is 0 Å². The van der Waals surface area contributed by atoms with Gasteiger partial charge in [0.1, 0.15) is 29.9 Å². The van der Waals surface area contributed by atoms with Gasteiger partial charge in [-0.2, -0.15) is 0 Å². The van der Waals surface area contributed by atoms with Crippen molar-refractivity contribution in [2.24, 2.45) is 0 Å². The standard InChI is InChI=1S/C32H38O7S/c1-31(33-3)32(2,34-4)39-28-27(38-31)26(22-35-20-23-14-8-5-9-15-23)37-30(40-25-18-12-7-13-19-25)29(28)36-21-24-16-10-6-11-17-24/h5-19,26-30H,20-22H2,1-4H3/t26-,27-,28+,29-,30+,31+,32+/m1/s1. The molecule has 0 spiro atoms. The fourth-order valence-corrected chi connectivity index (χ4v) is 6.18. The van der Waals surface area contributed by atoms with Crippen molar-refractivity contribution < 1.29 is 33.2 Å². The number of thioether (sulfide) groups is 1. The highest BCUT2D eigenvalue weighted by Crippen LogP contribution is 2.46. The predicted molar refractivity (Wildman–Crippen MR) is 153 cm³/mol. The molecule has 0 unspecified atom stereocenters. The van der Waals surface area contributed by atoms with Crippen LogP contribution in [0, 0.1) is 0 Å². The summed E-state index contributed by atoms with van der Waals surface area (Å²) in [6.45, 7) is 4.81. The Hall–Kier alpha value is -2.27. The molecule has 0 aromatic heterocycles. The fourth-order valence-electron chi connectivity index (χ4n) is 5.03. The summed E-state index contributed by atoms with van der Waals surface area (Å²) in [6, 6.07) is 30.3. The molecule has 3 aromatic carbocycles. The zero-order valence-electron chi connectivity index (χ0n) is 23.4. The topological polar surface area (TPSA) is 64.6 Å². The maximum Gasteiger partial charge on any atom is 0.220 e. The summed E-state index contributed by atoms with van der Waals surface area (Å²) in [7, 11) is 3.18. The van der Waals surface area contributed by atoms with Gasteiger partial charge in [-0.1, -0.05) is 90.6 Å². The minimum atomic E-state index is -1.19. The Morgan fingerprint density at radius 3 is 1.80 bits per heavy atom. The Labute approximate surface area is 241 Å². The van der Waals surface area contributed by atoms with Crippen LogP contribution in [-0.4, -0.2) is 62.3 Å². The molecule has 0 aliphatic carbocycles. The monoisotopic (exact) mass is 566 g/mol. The van der Waals surface area contributed by atoms with Crippen molar-refractivity contribution >= 4 is 11.8 Å². The lowest BCUT2D eigenvalue weighted by Crippen LogP contribution is -2.72. The van der Waals surface area contributed by atoms with Gasteiger partial charge in [0.05, 0.1) is 19.8 Å². The lowest BCUT2D eigenvalue weighted by molar-refractivity contribution is -0.471. The van der Waals surface area contributed by atoms with Gasteiger partial charge in [-0.3, -0.25) is 0 Å². The summed E-state index contributed by atoms with van der Waals surface area (Å²) in [5.74, 6) is -2.38. The minimum Gasteiger partial charge on any atom is -0.374 e. The molecule has 2 aliphatic rings. The minimum absolute atomic E-state index is 0.306. The summed E-state index contributed by atoms with van der Waals surface area (Å²) < 4.78 is 44.6. The Kier molecular flexibility index (Phi) is 9.60. The molecule has 7 nitrogen and oxygen atoms in total. The van der Waals surface area contributed by atoms with Crippen LogP contribution in [0.1, 0.15) is 25.0 Å². The van der Waals surface area contributed by atoms with E-state index in [2.05, 4.69) is 12.1 Å². The summed E-state index contributed by atoms with van der Waals surface area (Å²) in [5.41, 5.74) is 1.75. The molecule has 3 aromatic rings. The van der Waals surface area contributed by atoms with E-state index in [9.17, 15) is 0 Å². The second-order valence-electron chi connectivity index (χ2n) is 10.2. The number of benzene rings is 3. The van der Waals surface area contributed by atoms with Crippen LogP contribution in [0.3, 0.4) is 0 Å². The summed E-state index contributed by atoms with van der Waals surface area (Å²) in [4.78, 5) is 1.07. The van der Waals surface area contributed by atoms with Crippen molar-refractivity contribution in [1.82, 2.24) is 0 Å². The largest absolute Gasteiger partial charge is 0.374 e. The molecule has 0 radical (unpaired) electrons. The third-order valence-electron chi connectivity index (χ3n) is 7.59. The van der Waals surface area contributed by atoms with E-state index in [4.69, 9.17) is 33.2 Å². The van der Waals surface area contributed by atoms with Crippen molar-refractivity contribution in [3.63, 3.8) is 0 Å². The highest BCUT2D eigenvalue weighted by molar-refractivity contribution is 7.99. The number of rotatable bonds is 11. The molecule has 214 valence electrons. The lowest BCUT2D eigenvalue weighted by Gasteiger charge is -2.57. The fraction of sp³-hybridized carbons (Fsp3) is 0.438. The Balaban J connectivity index is 1.44. The lowest BCUT2D eigenvalue weighted by atomic mass is 9.94. The van der Waals surface area contributed by atoms with Gasteiger partial charge in [0.2, 0.25) is 11.6 Å². The van der Waals surface area contributed by atoms with Crippen molar-refractivity contribution in [2.75, 3.05) is 20.8 Å². The predicted octanol–water partition coefficient (Wildman–Crippen LogP) is 5.82. The number of hydrogen-bond donors (Lipinski definition) is 0. The van der Waals surface area contributed by atoms with Gasteiger partial charge in [-0.05, 0) is 37.1 Å². The SMILES string of the molecule is CO[C@@]1(C)O[C@@H]2[C@@H](OCc3ccccc3)[C@H](Sc3ccccc3)O[C@H](COCc3ccccc3)[C@H]2O[C@]1(C)OC. The normalized spacial score (nSPS) is 31.9. The Morgan fingerprint density at radius 2 is 1.23 bits per heavy atom. The summed E-state index contributed by atoms with van der Waals surface area (Å²) >= 11 is 1.60. The average Bonchev–Trinajstić information content (AvgIpc) is 2.99. The summed E-state index contributed by atoms with van der Waals surface area (Å²) in [6.07, 6.45) is -1.96. The zero-order chi connectivity index (χ0) is 28.0. The smallest absolute Gasteiger partial charge is 0.220 e. The first-order valence-corrected chi connectivity index (χ1v) is 14.4.